The summed E-state index contributed by atoms with van der Waals surface area (Å²) >= 11 is 0. The summed E-state index contributed by atoms with van der Waals surface area (Å²) in [6, 6.07) is 3.55. The van der Waals surface area contributed by atoms with Crippen molar-refractivity contribution in [2.45, 2.75) is 39.7 Å². The van der Waals surface area contributed by atoms with Crippen LogP contribution in [0, 0.1) is 0 Å². The van der Waals surface area contributed by atoms with E-state index in [9.17, 15) is 4.79 Å². The summed E-state index contributed by atoms with van der Waals surface area (Å²) in [6.45, 7) is 8.15. The third-order valence-electron chi connectivity index (χ3n) is 2.70. The van der Waals surface area contributed by atoms with Crippen molar-refractivity contribution in [2.75, 3.05) is 25.0 Å². The van der Waals surface area contributed by atoms with Crippen LogP contribution in [0.15, 0.2) is 18.3 Å². The van der Waals surface area contributed by atoms with E-state index in [2.05, 4.69) is 15.6 Å². The summed E-state index contributed by atoms with van der Waals surface area (Å²) in [5, 5.41) is 6.00. The monoisotopic (exact) mass is 279 g/mol. The van der Waals surface area contributed by atoms with Crippen molar-refractivity contribution in [1.29, 1.82) is 0 Å². The summed E-state index contributed by atoms with van der Waals surface area (Å²) in [6.07, 6.45) is 3.81. The van der Waals surface area contributed by atoms with E-state index in [1.165, 1.54) is 0 Å². The Hall–Kier alpha value is -1.62. The summed E-state index contributed by atoms with van der Waals surface area (Å²) in [4.78, 5) is 16.2. The molecular formula is C15H25N3O2. The highest BCUT2D eigenvalue weighted by molar-refractivity contribution is 5.98. The van der Waals surface area contributed by atoms with E-state index in [4.69, 9.17) is 4.74 Å². The fourth-order valence-corrected chi connectivity index (χ4v) is 1.74. The molecule has 0 aliphatic carbocycles. The lowest BCUT2D eigenvalue weighted by atomic mass is 10.2. The molecule has 1 rings (SSSR count). The summed E-state index contributed by atoms with van der Waals surface area (Å²) in [5.74, 6) is 0.550. The van der Waals surface area contributed by atoms with Gasteiger partial charge < -0.3 is 15.4 Å². The molecule has 1 amide bonds. The number of pyridine rings is 1. The molecule has 5 nitrogen and oxygen atoms in total. The first kappa shape index (κ1) is 16.4. The van der Waals surface area contributed by atoms with E-state index in [0.717, 1.165) is 26.0 Å². The van der Waals surface area contributed by atoms with Crippen LogP contribution in [-0.4, -0.2) is 36.7 Å². The average Bonchev–Trinajstić information content (AvgIpc) is 2.43. The van der Waals surface area contributed by atoms with Gasteiger partial charge in [-0.1, -0.05) is 0 Å². The van der Waals surface area contributed by atoms with Crippen molar-refractivity contribution in [1.82, 2.24) is 10.3 Å². The zero-order valence-electron chi connectivity index (χ0n) is 12.6. The normalized spacial score (nSPS) is 10.6. The van der Waals surface area contributed by atoms with Gasteiger partial charge in [-0.15, -0.1) is 0 Å². The summed E-state index contributed by atoms with van der Waals surface area (Å²) in [5.41, 5.74) is 0.591. The second-order valence-electron chi connectivity index (χ2n) is 4.81. The minimum absolute atomic E-state index is 0.0844. The van der Waals surface area contributed by atoms with Crippen LogP contribution in [0.1, 0.15) is 44.0 Å². The molecule has 0 aliphatic rings. The Balaban J connectivity index is 2.32. The number of nitrogens with zero attached hydrogens (tertiary/aromatic N) is 1. The predicted octanol–water partition coefficient (Wildman–Crippen LogP) is 2.45. The van der Waals surface area contributed by atoms with Crippen LogP contribution in [0.4, 0.5) is 5.82 Å². The van der Waals surface area contributed by atoms with Crippen LogP contribution in [0.3, 0.4) is 0 Å². The lowest BCUT2D eigenvalue weighted by Gasteiger charge is -2.10. The van der Waals surface area contributed by atoms with Gasteiger partial charge in [-0.25, -0.2) is 4.98 Å². The van der Waals surface area contributed by atoms with Crippen molar-refractivity contribution in [3.63, 3.8) is 0 Å². The number of ether oxygens (including phenoxy) is 1. The van der Waals surface area contributed by atoms with Gasteiger partial charge in [-0.3, -0.25) is 4.79 Å². The van der Waals surface area contributed by atoms with Crippen LogP contribution >= 0.6 is 0 Å². The lowest BCUT2D eigenvalue weighted by molar-refractivity contribution is 0.0754. The third-order valence-corrected chi connectivity index (χ3v) is 2.70. The third kappa shape index (κ3) is 6.02. The molecule has 0 aromatic carbocycles. The van der Waals surface area contributed by atoms with Crippen LogP contribution in [-0.2, 0) is 4.74 Å². The molecule has 112 valence electrons. The van der Waals surface area contributed by atoms with E-state index < -0.39 is 0 Å². The number of nitrogens with one attached hydrogen (secondary N) is 2. The SMILES string of the molecule is CCNc1ncccc1C(=O)NCCCCOC(C)C. The number of carbonyl (C=O) groups excluding carboxylic acids is 1. The van der Waals surface area contributed by atoms with Gasteiger partial charge in [-0.2, -0.15) is 0 Å². The van der Waals surface area contributed by atoms with Crippen molar-refractivity contribution in [3.8, 4) is 0 Å². The lowest BCUT2D eigenvalue weighted by Crippen LogP contribution is -2.26. The Kier molecular flexibility index (Phi) is 7.65. The van der Waals surface area contributed by atoms with Gasteiger partial charge in [0.05, 0.1) is 11.7 Å². The second kappa shape index (κ2) is 9.31. The number of hydrogen-bond acceptors (Lipinski definition) is 4. The highest BCUT2D eigenvalue weighted by atomic mass is 16.5. The molecule has 0 radical (unpaired) electrons. The molecule has 1 aromatic rings. The number of rotatable bonds is 9. The molecule has 1 aromatic heterocycles. The number of anilines is 1. The van der Waals surface area contributed by atoms with Gasteiger partial charge in [0, 0.05) is 25.9 Å². The summed E-state index contributed by atoms with van der Waals surface area (Å²) in [7, 11) is 0. The quantitative estimate of drug-likeness (QED) is 0.682. The first-order valence-corrected chi connectivity index (χ1v) is 7.23. The van der Waals surface area contributed by atoms with E-state index in [-0.39, 0.29) is 12.0 Å². The van der Waals surface area contributed by atoms with Crippen LogP contribution in [0.2, 0.25) is 0 Å². The molecule has 20 heavy (non-hydrogen) atoms. The van der Waals surface area contributed by atoms with Gasteiger partial charge in [0.15, 0.2) is 0 Å². The molecule has 0 fully saturated rings. The maximum atomic E-state index is 12.1. The number of carbonyl (C=O) groups is 1. The Labute approximate surface area is 121 Å². The number of aromatic nitrogens is 1. The molecule has 5 heteroatoms. The molecule has 0 unspecified atom stereocenters. The molecule has 0 saturated carbocycles. The molecule has 1 heterocycles. The van der Waals surface area contributed by atoms with Crippen molar-refractivity contribution in [2.24, 2.45) is 0 Å². The standard InChI is InChI=1S/C15H25N3O2/c1-4-16-14-13(8-7-10-17-14)15(19)18-9-5-6-11-20-12(2)3/h7-8,10,12H,4-6,9,11H2,1-3H3,(H,16,17)(H,18,19). The fourth-order valence-electron chi connectivity index (χ4n) is 1.74. The van der Waals surface area contributed by atoms with Crippen molar-refractivity contribution < 1.29 is 9.53 Å². The molecule has 0 aliphatic heterocycles. The van der Waals surface area contributed by atoms with Crippen LogP contribution < -0.4 is 10.6 Å². The molecule has 0 bridgehead atoms. The van der Waals surface area contributed by atoms with Gasteiger partial charge in [0.2, 0.25) is 0 Å². The van der Waals surface area contributed by atoms with Gasteiger partial charge in [0.1, 0.15) is 5.82 Å². The predicted molar refractivity (Wildman–Crippen MR) is 81.1 cm³/mol. The maximum Gasteiger partial charge on any atom is 0.255 e. The summed E-state index contributed by atoms with van der Waals surface area (Å²) < 4.78 is 5.45. The molecular weight excluding hydrogens is 254 g/mol. The Bertz CT molecular complexity index is 408. The van der Waals surface area contributed by atoms with Crippen LogP contribution in [0.5, 0.6) is 0 Å². The van der Waals surface area contributed by atoms with E-state index in [1.54, 1.807) is 18.3 Å². The second-order valence-corrected chi connectivity index (χ2v) is 4.81. The van der Waals surface area contributed by atoms with Crippen molar-refractivity contribution >= 4 is 11.7 Å². The zero-order chi connectivity index (χ0) is 14.8. The molecule has 0 saturated heterocycles. The van der Waals surface area contributed by atoms with E-state index >= 15 is 0 Å². The number of unbranched alkanes of at least 4 members (excludes halogenated alkanes) is 1. The van der Waals surface area contributed by atoms with E-state index in [0.29, 0.717) is 17.9 Å². The van der Waals surface area contributed by atoms with Gasteiger partial charge in [-0.05, 0) is 45.7 Å². The van der Waals surface area contributed by atoms with Crippen molar-refractivity contribution in [3.05, 3.63) is 23.9 Å². The Morgan fingerprint density at radius 1 is 1.40 bits per heavy atom. The van der Waals surface area contributed by atoms with E-state index in [1.807, 2.05) is 20.8 Å². The number of hydrogen-bond donors (Lipinski definition) is 2. The number of amides is 1. The fraction of sp³-hybridized carbons (Fsp3) is 0.600. The van der Waals surface area contributed by atoms with Gasteiger partial charge in [0.25, 0.3) is 5.91 Å². The minimum atomic E-state index is -0.0844. The smallest absolute Gasteiger partial charge is 0.255 e. The largest absolute Gasteiger partial charge is 0.379 e. The Morgan fingerprint density at radius 3 is 2.90 bits per heavy atom. The maximum absolute atomic E-state index is 12.1. The molecule has 0 atom stereocenters. The topological polar surface area (TPSA) is 63.2 Å². The minimum Gasteiger partial charge on any atom is -0.379 e. The average molecular weight is 279 g/mol. The first-order valence-electron chi connectivity index (χ1n) is 7.23. The van der Waals surface area contributed by atoms with Crippen LogP contribution in [0.25, 0.3) is 0 Å². The zero-order valence-corrected chi connectivity index (χ0v) is 12.6. The highest BCUT2D eigenvalue weighted by Gasteiger charge is 2.10. The Morgan fingerprint density at radius 2 is 2.20 bits per heavy atom. The molecule has 0 spiro atoms. The first-order chi connectivity index (χ1) is 9.65. The van der Waals surface area contributed by atoms with Gasteiger partial charge >= 0.3 is 0 Å². The highest BCUT2D eigenvalue weighted by Crippen LogP contribution is 2.10. The molecule has 2 N–H and O–H groups in total.